The predicted molar refractivity (Wildman–Crippen MR) is 96.7 cm³/mol. The van der Waals surface area contributed by atoms with Gasteiger partial charge in [-0.2, -0.15) is 18.2 Å². The largest absolute Gasteiger partial charge is 0.497 e. The number of hydrogen-bond acceptors (Lipinski definition) is 7. The van der Waals surface area contributed by atoms with E-state index in [1.54, 1.807) is 19.2 Å². The number of carbonyl (C=O) groups is 1. The summed E-state index contributed by atoms with van der Waals surface area (Å²) in [5.41, 5.74) is -3.59. The second kappa shape index (κ2) is 8.82. The first kappa shape index (κ1) is 20.5. The Morgan fingerprint density at radius 1 is 1.21 bits per heavy atom. The molecule has 3 rings (SSSR count). The molecule has 2 heterocycles. The van der Waals surface area contributed by atoms with Gasteiger partial charge in [0.2, 0.25) is 17.6 Å². The molecule has 1 aliphatic heterocycles. The van der Waals surface area contributed by atoms with E-state index in [0.29, 0.717) is 44.4 Å². The highest BCUT2D eigenvalue weighted by atomic mass is 32.2. The zero-order valence-electron chi connectivity index (χ0n) is 15.1. The molecule has 1 aromatic carbocycles. The van der Waals surface area contributed by atoms with Gasteiger partial charge in [-0.15, -0.1) is 0 Å². The Balaban J connectivity index is 1.48. The summed E-state index contributed by atoms with van der Waals surface area (Å²) in [7, 11) is 1.59. The molecule has 0 N–H and O–H groups in total. The van der Waals surface area contributed by atoms with Crippen LogP contribution in [0.5, 0.6) is 5.75 Å². The summed E-state index contributed by atoms with van der Waals surface area (Å²) >= 11 is -0.304. The Morgan fingerprint density at radius 2 is 1.89 bits per heavy atom. The number of piperazine rings is 1. The Kier molecular flexibility index (Phi) is 6.45. The molecule has 7 nitrogen and oxygen atoms in total. The van der Waals surface area contributed by atoms with Gasteiger partial charge in [-0.1, -0.05) is 5.16 Å². The number of hydrogen-bond donors (Lipinski definition) is 0. The van der Waals surface area contributed by atoms with Crippen molar-refractivity contribution in [3.63, 3.8) is 0 Å². The van der Waals surface area contributed by atoms with Gasteiger partial charge in [-0.25, -0.2) is 0 Å². The van der Waals surface area contributed by atoms with Crippen molar-refractivity contribution in [3.8, 4) is 17.1 Å². The van der Waals surface area contributed by atoms with E-state index in [1.807, 2.05) is 17.0 Å². The molecular formula is C17H19F3N4O3S. The van der Waals surface area contributed by atoms with Gasteiger partial charge in [0.15, 0.2) is 0 Å². The van der Waals surface area contributed by atoms with Gasteiger partial charge in [0, 0.05) is 31.7 Å². The maximum atomic E-state index is 12.2. The van der Waals surface area contributed by atoms with E-state index in [1.165, 1.54) is 4.90 Å². The number of nitrogens with zero attached hydrogens (tertiary/aromatic N) is 4. The number of carbonyl (C=O) groups excluding carboxylic acids is 1. The summed E-state index contributed by atoms with van der Waals surface area (Å²) in [5.74, 6) is 0.558. The maximum Gasteiger partial charge on any atom is 0.442 e. The highest BCUT2D eigenvalue weighted by Crippen LogP contribution is 2.30. The minimum Gasteiger partial charge on any atom is -0.497 e. The Morgan fingerprint density at radius 3 is 2.50 bits per heavy atom. The Bertz CT molecular complexity index is 790. The first-order valence-corrected chi connectivity index (χ1v) is 9.50. The van der Waals surface area contributed by atoms with Crippen molar-refractivity contribution in [2.45, 2.75) is 12.1 Å². The summed E-state index contributed by atoms with van der Waals surface area (Å²) in [4.78, 5) is 19.7. The fourth-order valence-corrected chi connectivity index (χ4v) is 3.23. The molecule has 1 aromatic heterocycles. The van der Waals surface area contributed by atoms with Gasteiger partial charge in [-0.05, 0) is 36.0 Å². The average molecular weight is 416 g/mol. The van der Waals surface area contributed by atoms with Crippen LogP contribution in [0.4, 0.5) is 13.2 Å². The molecule has 0 bridgehead atoms. The minimum atomic E-state index is -4.39. The number of alkyl halides is 3. The molecule has 1 aliphatic rings. The third kappa shape index (κ3) is 5.61. The first-order valence-electron chi connectivity index (χ1n) is 8.52. The summed E-state index contributed by atoms with van der Waals surface area (Å²) in [6.45, 7) is 2.22. The molecule has 152 valence electrons. The van der Waals surface area contributed by atoms with Crippen LogP contribution in [0, 0.1) is 0 Å². The molecule has 28 heavy (non-hydrogen) atoms. The van der Waals surface area contributed by atoms with Crippen LogP contribution in [-0.4, -0.2) is 70.4 Å². The standard InChI is InChI=1S/C17H19F3N4O3S/c1-26-13-4-2-12(3-5-13)16-21-14(27-22-16)10-23-6-8-24(9-7-23)15(25)11-28-17(18,19)20/h2-5H,6-11H2,1H3. The van der Waals surface area contributed by atoms with Gasteiger partial charge < -0.3 is 14.2 Å². The van der Waals surface area contributed by atoms with Gasteiger partial charge in [0.1, 0.15) is 5.75 Å². The van der Waals surface area contributed by atoms with Crippen LogP contribution >= 0.6 is 11.8 Å². The van der Waals surface area contributed by atoms with E-state index in [0.717, 1.165) is 11.3 Å². The number of methoxy groups -OCH3 is 1. The van der Waals surface area contributed by atoms with Crippen molar-refractivity contribution >= 4 is 17.7 Å². The lowest BCUT2D eigenvalue weighted by atomic mass is 10.2. The molecule has 0 spiro atoms. The normalized spacial score (nSPS) is 15.6. The number of ether oxygens (including phenoxy) is 1. The zero-order valence-corrected chi connectivity index (χ0v) is 15.9. The fraction of sp³-hybridized carbons (Fsp3) is 0.471. The van der Waals surface area contributed by atoms with Crippen LogP contribution in [0.1, 0.15) is 5.89 Å². The number of benzene rings is 1. The molecule has 11 heteroatoms. The lowest BCUT2D eigenvalue weighted by molar-refractivity contribution is -0.130. The molecule has 1 saturated heterocycles. The number of aromatic nitrogens is 2. The van der Waals surface area contributed by atoms with E-state index in [-0.39, 0.29) is 11.8 Å². The van der Waals surface area contributed by atoms with Crippen molar-refractivity contribution in [2.24, 2.45) is 0 Å². The van der Waals surface area contributed by atoms with Crippen LogP contribution in [0.3, 0.4) is 0 Å². The summed E-state index contributed by atoms with van der Waals surface area (Å²) in [6, 6.07) is 7.27. The van der Waals surface area contributed by atoms with Crippen molar-refractivity contribution in [2.75, 3.05) is 39.0 Å². The highest BCUT2D eigenvalue weighted by Gasteiger charge is 2.31. The average Bonchev–Trinajstić information content (AvgIpc) is 3.14. The molecule has 0 aliphatic carbocycles. The van der Waals surface area contributed by atoms with Gasteiger partial charge in [-0.3, -0.25) is 9.69 Å². The lowest BCUT2D eigenvalue weighted by Crippen LogP contribution is -2.49. The van der Waals surface area contributed by atoms with E-state index in [2.05, 4.69) is 10.1 Å². The Hall–Kier alpha value is -2.27. The number of halogens is 3. The smallest absolute Gasteiger partial charge is 0.442 e. The predicted octanol–water partition coefficient (Wildman–Crippen LogP) is 2.64. The Labute approximate surface area is 163 Å². The monoisotopic (exact) mass is 416 g/mol. The van der Waals surface area contributed by atoms with Crippen molar-refractivity contribution in [1.29, 1.82) is 0 Å². The molecule has 0 radical (unpaired) electrons. The van der Waals surface area contributed by atoms with Crippen LogP contribution in [0.25, 0.3) is 11.4 Å². The second-order valence-corrected chi connectivity index (χ2v) is 7.17. The first-order chi connectivity index (χ1) is 13.3. The van der Waals surface area contributed by atoms with Crippen LogP contribution in [0.2, 0.25) is 0 Å². The summed E-state index contributed by atoms with van der Waals surface area (Å²) < 4.78 is 47.0. The SMILES string of the molecule is COc1ccc(-c2noc(CN3CCN(C(=O)CSC(F)(F)F)CC3)n2)cc1. The molecule has 1 fully saturated rings. The van der Waals surface area contributed by atoms with Gasteiger partial charge in [0.05, 0.1) is 19.4 Å². The summed E-state index contributed by atoms with van der Waals surface area (Å²) in [6.07, 6.45) is 0. The van der Waals surface area contributed by atoms with Crippen LogP contribution in [-0.2, 0) is 11.3 Å². The minimum absolute atomic E-state index is 0.304. The third-order valence-corrected chi connectivity index (χ3v) is 4.98. The number of rotatable bonds is 6. The maximum absolute atomic E-state index is 12.2. The quantitative estimate of drug-likeness (QED) is 0.717. The van der Waals surface area contributed by atoms with Gasteiger partial charge in [0.25, 0.3) is 0 Å². The molecule has 0 atom stereocenters. The van der Waals surface area contributed by atoms with E-state index in [4.69, 9.17) is 9.26 Å². The van der Waals surface area contributed by atoms with Crippen LogP contribution in [0.15, 0.2) is 28.8 Å². The molecule has 0 unspecified atom stereocenters. The fourth-order valence-electron chi connectivity index (χ4n) is 2.76. The van der Waals surface area contributed by atoms with E-state index >= 15 is 0 Å². The van der Waals surface area contributed by atoms with Gasteiger partial charge >= 0.3 is 5.51 Å². The van der Waals surface area contributed by atoms with Crippen molar-refractivity contribution in [3.05, 3.63) is 30.2 Å². The zero-order chi connectivity index (χ0) is 20.1. The van der Waals surface area contributed by atoms with Crippen molar-refractivity contribution in [1.82, 2.24) is 19.9 Å². The lowest BCUT2D eigenvalue weighted by Gasteiger charge is -2.33. The molecule has 1 amide bonds. The number of thioether (sulfide) groups is 1. The molecule has 0 saturated carbocycles. The molecule has 2 aromatic rings. The van der Waals surface area contributed by atoms with Crippen molar-refractivity contribution < 1.29 is 27.2 Å². The number of amides is 1. The molecular weight excluding hydrogens is 397 g/mol. The van der Waals surface area contributed by atoms with E-state index < -0.39 is 17.2 Å². The summed E-state index contributed by atoms with van der Waals surface area (Å²) in [5, 5.41) is 3.97. The highest BCUT2D eigenvalue weighted by molar-refractivity contribution is 8.00. The van der Waals surface area contributed by atoms with Crippen LogP contribution < -0.4 is 4.74 Å². The van der Waals surface area contributed by atoms with E-state index in [9.17, 15) is 18.0 Å². The third-order valence-electron chi connectivity index (χ3n) is 4.26. The topological polar surface area (TPSA) is 71.7 Å². The second-order valence-electron chi connectivity index (χ2n) is 6.13.